The minimum absolute atomic E-state index is 0.101. The van der Waals surface area contributed by atoms with Crippen LogP contribution in [0.5, 0.6) is 5.75 Å². The van der Waals surface area contributed by atoms with Crippen molar-refractivity contribution in [1.29, 1.82) is 0 Å². The van der Waals surface area contributed by atoms with E-state index in [1.165, 1.54) is 51.7 Å². The number of furan rings is 1. The zero-order chi connectivity index (χ0) is 20.7. The number of methoxy groups -OCH3 is 1. The highest BCUT2D eigenvalue weighted by atomic mass is 32.2. The predicted octanol–water partition coefficient (Wildman–Crippen LogP) is 1.73. The first-order valence-corrected chi connectivity index (χ1v) is 9.47. The highest BCUT2D eigenvalue weighted by molar-refractivity contribution is 7.89. The summed E-state index contributed by atoms with van der Waals surface area (Å²) in [6.45, 7) is -0.539. The minimum Gasteiger partial charge on any atom is -0.495 e. The van der Waals surface area contributed by atoms with E-state index < -0.39 is 28.5 Å². The Labute approximate surface area is 162 Å². The van der Waals surface area contributed by atoms with Gasteiger partial charge in [-0.1, -0.05) is 0 Å². The van der Waals surface area contributed by atoms with Gasteiger partial charge in [0.1, 0.15) is 16.4 Å². The summed E-state index contributed by atoms with van der Waals surface area (Å²) in [5.74, 6) is -0.745. The number of carbonyl (C=O) groups excluding carboxylic acids is 2. The van der Waals surface area contributed by atoms with Crippen molar-refractivity contribution in [2.75, 3.05) is 33.1 Å². The summed E-state index contributed by atoms with van der Waals surface area (Å²) >= 11 is 0. The van der Waals surface area contributed by atoms with Crippen molar-refractivity contribution >= 4 is 33.7 Å². The Morgan fingerprint density at radius 3 is 2.61 bits per heavy atom. The van der Waals surface area contributed by atoms with Crippen LogP contribution in [-0.2, 0) is 24.3 Å². The van der Waals surface area contributed by atoms with Crippen LogP contribution in [0.25, 0.3) is 6.08 Å². The molecule has 1 N–H and O–H groups in total. The zero-order valence-electron chi connectivity index (χ0n) is 15.5. The Hall–Kier alpha value is -3.11. The summed E-state index contributed by atoms with van der Waals surface area (Å²) in [5.41, 5.74) is 0.216. The summed E-state index contributed by atoms with van der Waals surface area (Å²) in [6, 6.07) is 7.48. The van der Waals surface area contributed by atoms with Crippen LogP contribution in [0.1, 0.15) is 5.76 Å². The van der Waals surface area contributed by atoms with E-state index in [1.54, 1.807) is 12.1 Å². The Morgan fingerprint density at radius 2 is 2.00 bits per heavy atom. The van der Waals surface area contributed by atoms with Crippen LogP contribution in [-0.4, -0.2) is 52.4 Å². The number of hydrogen-bond donors (Lipinski definition) is 1. The van der Waals surface area contributed by atoms with Gasteiger partial charge in [0.05, 0.1) is 13.4 Å². The first-order chi connectivity index (χ1) is 13.2. The van der Waals surface area contributed by atoms with Crippen LogP contribution in [0.15, 0.2) is 52.0 Å². The largest absolute Gasteiger partial charge is 0.495 e. The molecule has 2 rings (SSSR count). The summed E-state index contributed by atoms with van der Waals surface area (Å²) < 4.78 is 40.7. The second kappa shape index (κ2) is 9.20. The smallest absolute Gasteiger partial charge is 0.331 e. The second-order valence-electron chi connectivity index (χ2n) is 5.66. The lowest BCUT2D eigenvalue weighted by Gasteiger charge is -2.15. The minimum atomic E-state index is -3.78. The van der Waals surface area contributed by atoms with Gasteiger partial charge in [0.2, 0.25) is 10.0 Å². The lowest BCUT2D eigenvalue weighted by atomic mass is 10.3. The summed E-state index contributed by atoms with van der Waals surface area (Å²) in [5, 5.41) is 2.47. The first kappa shape index (κ1) is 21.2. The summed E-state index contributed by atoms with van der Waals surface area (Å²) in [4.78, 5) is 23.5. The fourth-order valence-electron chi connectivity index (χ4n) is 2.07. The van der Waals surface area contributed by atoms with Crippen LogP contribution in [0.3, 0.4) is 0 Å². The van der Waals surface area contributed by atoms with Gasteiger partial charge in [-0.05, 0) is 36.4 Å². The molecule has 0 saturated heterocycles. The molecule has 1 heterocycles. The number of amides is 1. The zero-order valence-corrected chi connectivity index (χ0v) is 16.4. The van der Waals surface area contributed by atoms with E-state index in [0.717, 1.165) is 10.4 Å². The molecule has 1 amide bonds. The Bertz CT molecular complexity index is 964. The third kappa shape index (κ3) is 5.44. The van der Waals surface area contributed by atoms with Crippen molar-refractivity contribution in [3.05, 3.63) is 48.4 Å². The van der Waals surface area contributed by atoms with E-state index in [9.17, 15) is 18.0 Å². The van der Waals surface area contributed by atoms with Gasteiger partial charge in [-0.3, -0.25) is 4.79 Å². The number of rotatable bonds is 8. The summed E-state index contributed by atoms with van der Waals surface area (Å²) in [7, 11) is 0.336. The van der Waals surface area contributed by atoms with Crippen molar-refractivity contribution in [2.45, 2.75) is 4.90 Å². The molecule has 0 spiro atoms. The lowest BCUT2D eigenvalue weighted by molar-refractivity contribution is -0.142. The van der Waals surface area contributed by atoms with Crippen LogP contribution in [0.2, 0.25) is 0 Å². The molecule has 150 valence electrons. The number of sulfonamides is 1. The summed E-state index contributed by atoms with van der Waals surface area (Å²) in [6.07, 6.45) is 3.99. The Kier molecular flexibility index (Phi) is 6.96. The molecular weight excluding hydrogens is 388 g/mol. The predicted molar refractivity (Wildman–Crippen MR) is 101 cm³/mol. The van der Waals surface area contributed by atoms with Gasteiger partial charge in [-0.15, -0.1) is 0 Å². The normalized spacial score (nSPS) is 11.6. The van der Waals surface area contributed by atoms with Gasteiger partial charge < -0.3 is 19.2 Å². The average Bonchev–Trinajstić information content (AvgIpc) is 3.18. The van der Waals surface area contributed by atoms with E-state index in [2.05, 4.69) is 5.32 Å². The maximum Gasteiger partial charge on any atom is 0.331 e. The van der Waals surface area contributed by atoms with Gasteiger partial charge in [0.15, 0.2) is 6.61 Å². The standard InChI is InChI=1S/C18H20N2O7S/c1-20(2)28(23,24)16-11-13(6-8-15(16)25-3)19-17(21)12-27-18(22)9-7-14-5-4-10-26-14/h4-11H,12H2,1-3H3,(H,19,21)/b9-7+. The van der Waals surface area contributed by atoms with Gasteiger partial charge >= 0.3 is 5.97 Å². The monoisotopic (exact) mass is 408 g/mol. The van der Waals surface area contributed by atoms with Crippen molar-refractivity contribution in [1.82, 2.24) is 4.31 Å². The molecule has 0 saturated carbocycles. The molecule has 0 aliphatic carbocycles. The SMILES string of the molecule is COc1ccc(NC(=O)COC(=O)/C=C/c2ccco2)cc1S(=O)(=O)N(C)C. The molecule has 0 unspecified atom stereocenters. The Balaban J connectivity index is 2.01. The van der Waals surface area contributed by atoms with Crippen molar-refractivity contribution in [3.8, 4) is 5.75 Å². The molecule has 10 heteroatoms. The van der Waals surface area contributed by atoms with Crippen molar-refractivity contribution in [3.63, 3.8) is 0 Å². The Morgan fingerprint density at radius 1 is 1.25 bits per heavy atom. The number of anilines is 1. The maximum atomic E-state index is 12.4. The van der Waals surface area contributed by atoms with Gasteiger partial charge in [-0.2, -0.15) is 0 Å². The van der Waals surface area contributed by atoms with Gasteiger partial charge in [-0.25, -0.2) is 17.5 Å². The number of hydrogen-bond acceptors (Lipinski definition) is 7. The van der Waals surface area contributed by atoms with E-state index in [4.69, 9.17) is 13.9 Å². The number of nitrogens with one attached hydrogen (secondary N) is 1. The number of nitrogens with zero attached hydrogens (tertiary/aromatic N) is 1. The van der Waals surface area contributed by atoms with Crippen molar-refractivity contribution < 1.29 is 31.9 Å². The number of benzene rings is 1. The molecule has 0 aliphatic heterocycles. The molecule has 0 atom stereocenters. The number of carbonyl (C=O) groups is 2. The molecule has 0 bridgehead atoms. The highest BCUT2D eigenvalue weighted by Gasteiger charge is 2.23. The maximum absolute atomic E-state index is 12.4. The number of esters is 1. The first-order valence-electron chi connectivity index (χ1n) is 8.03. The third-order valence-electron chi connectivity index (χ3n) is 3.48. The van der Waals surface area contributed by atoms with Gasteiger partial charge in [0, 0.05) is 25.9 Å². The van der Waals surface area contributed by atoms with E-state index in [-0.39, 0.29) is 16.3 Å². The van der Waals surface area contributed by atoms with Gasteiger partial charge in [0.25, 0.3) is 5.91 Å². The second-order valence-corrected chi connectivity index (χ2v) is 7.78. The van der Waals surface area contributed by atoms with E-state index in [1.807, 2.05) is 0 Å². The fraction of sp³-hybridized carbons (Fsp3) is 0.222. The molecule has 1 aromatic carbocycles. The molecule has 2 aromatic rings. The van der Waals surface area contributed by atoms with Crippen LogP contribution in [0.4, 0.5) is 5.69 Å². The van der Waals surface area contributed by atoms with E-state index >= 15 is 0 Å². The molecule has 0 fully saturated rings. The lowest BCUT2D eigenvalue weighted by Crippen LogP contribution is -2.23. The van der Waals surface area contributed by atoms with Crippen molar-refractivity contribution in [2.24, 2.45) is 0 Å². The number of ether oxygens (including phenoxy) is 2. The van der Waals surface area contributed by atoms with E-state index in [0.29, 0.717) is 5.76 Å². The molecule has 1 aromatic heterocycles. The topological polar surface area (TPSA) is 115 Å². The molecule has 28 heavy (non-hydrogen) atoms. The van der Waals surface area contributed by atoms with Crippen LogP contribution < -0.4 is 10.1 Å². The molecule has 0 radical (unpaired) electrons. The average molecular weight is 408 g/mol. The van der Waals surface area contributed by atoms with Crippen LogP contribution in [0, 0.1) is 0 Å². The highest BCUT2D eigenvalue weighted by Crippen LogP contribution is 2.28. The fourth-order valence-corrected chi connectivity index (χ4v) is 3.15. The van der Waals surface area contributed by atoms with Crippen LogP contribution >= 0.6 is 0 Å². The molecular formula is C18H20N2O7S. The third-order valence-corrected chi connectivity index (χ3v) is 5.31. The quantitative estimate of drug-likeness (QED) is 0.522. The molecule has 0 aliphatic rings. The molecule has 9 nitrogen and oxygen atoms in total.